The first-order chi connectivity index (χ1) is 16.2. The van der Waals surface area contributed by atoms with Crippen molar-refractivity contribution in [1.82, 2.24) is 10.2 Å². The monoisotopic (exact) mass is 471 g/mol. The van der Waals surface area contributed by atoms with Gasteiger partial charge >= 0.3 is 6.18 Å². The molecule has 0 radical (unpaired) electrons. The van der Waals surface area contributed by atoms with Gasteiger partial charge in [-0.3, -0.25) is 9.69 Å². The third-order valence-electron chi connectivity index (χ3n) is 6.20. The molecule has 2 heterocycles. The molecular formula is C26H28F3N3O2. The van der Waals surface area contributed by atoms with Crippen LogP contribution in [-0.4, -0.2) is 37.0 Å². The van der Waals surface area contributed by atoms with Crippen molar-refractivity contribution < 1.29 is 22.4 Å². The molecule has 3 aromatic rings. The van der Waals surface area contributed by atoms with Gasteiger partial charge in [0.2, 0.25) is 0 Å². The smallest absolute Gasteiger partial charge is 0.416 e. The number of nitrogens with zero attached hydrogens (tertiary/aromatic N) is 2. The van der Waals surface area contributed by atoms with Crippen LogP contribution in [0, 0.1) is 13.8 Å². The molecule has 8 heteroatoms. The number of anilines is 1. The second-order valence-corrected chi connectivity index (χ2v) is 8.68. The lowest BCUT2D eigenvalue weighted by atomic mass is 10.1. The molecular weight excluding hydrogens is 443 g/mol. The second-order valence-electron chi connectivity index (χ2n) is 8.68. The summed E-state index contributed by atoms with van der Waals surface area (Å²) in [6.45, 7) is 8.40. The van der Waals surface area contributed by atoms with Gasteiger partial charge in [0, 0.05) is 38.4 Å². The van der Waals surface area contributed by atoms with Gasteiger partial charge in [-0.1, -0.05) is 18.2 Å². The number of rotatable bonds is 6. The summed E-state index contributed by atoms with van der Waals surface area (Å²) in [5.74, 6) is 0.378. The number of aryl methyl sites for hydroxylation is 2. The number of halogens is 3. The zero-order valence-corrected chi connectivity index (χ0v) is 19.3. The minimum Gasteiger partial charge on any atom is -0.455 e. The van der Waals surface area contributed by atoms with Crippen molar-refractivity contribution in [3.63, 3.8) is 0 Å². The molecule has 1 fully saturated rings. The van der Waals surface area contributed by atoms with Gasteiger partial charge in [-0.25, -0.2) is 0 Å². The van der Waals surface area contributed by atoms with E-state index in [1.807, 2.05) is 0 Å². The summed E-state index contributed by atoms with van der Waals surface area (Å²) in [5.41, 5.74) is 3.44. The van der Waals surface area contributed by atoms with Crippen LogP contribution in [0.25, 0.3) is 0 Å². The molecule has 1 aliphatic rings. The van der Waals surface area contributed by atoms with Crippen LogP contribution >= 0.6 is 0 Å². The van der Waals surface area contributed by atoms with Crippen LogP contribution in [0.1, 0.15) is 38.6 Å². The highest BCUT2D eigenvalue weighted by Gasteiger charge is 2.30. The normalized spacial score (nSPS) is 14.9. The molecule has 5 nitrogen and oxygen atoms in total. The second kappa shape index (κ2) is 9.93. The number of nitrogens with one attached hydrogen (secondary N) is 1. The Morgan fingerprint density at radius 3 is 2.44 bits per heavy atom. The lowest BCUT2D eigenvalue weighted by Crippen LogP contribution is -2.45. The number of piperazine rings is 1. The molecule has 1 amide bonds. The molecule has 0 atom stereocenters. The highest BCUT2D eigenvalue weighted by atomic mass is 19.4. The van der Waals surface area contributed by atoms with E-state index in [4.69, 9.17) is 4.42 Å². The van der Waals surface area contributed by atoms with E-state index < -0.39 is 17.6 Å². The number of furan rings is 1. The number of carbonyl (C=O) groups is 1. The summed E-state index contributed by atoms with van der Waals surface area (Å²) >= 11 is 0. The van der Waals surface area contributed by atoms with Crippen LogP contribution < -0.4 is 10.2 Å². The molecule has 180 valence electrons. The van der Waals surface area contributed by atoms with Crippen molar-refractivity contribution in [1.29, 1.82) is 0 Å². The molecule has 0 unspecified atom stereocenters. The van der Waals surface area contributed by atoms with E-state index in [2.05, 4.69) is 47.2 Å². The summed E-state index contributed by atoms with van der Waals surface area (Å²) in [4.78, 5) is 17.1. The molecule has 2 aromatic carbocycles. The molecule has 1 aromatic heterocycles. The van der Waals surface area contributed by atoms with Crippen LogP contribution in [-0.2, 0) is 19.3 Å². The lowest BCUT2D eigenvalue weighted by Gasteiger charge is -2.36. The lowest BCUT2D eigenvalue weighted by molar-refractivity contribution is -0.137. The summed E-state index contributed by atoms with van der Waals surface area (Å²) < 4.78 is 44.3. The number of carbonyl (C=O) groups excluding carboxylic acids is 1. The topological polar surface area (TPSA) is 48.7 Å². The zero-order chi connectivity index (χ0) is 24.3. The summed E-state index contributed by atoms with van der Waals surface area (Å²) in [6, 6.07) is 14.8. The first kappa shape index (κ1) is 23.9. The van der Waals surface area contributed by atoms with Crippen LogP contribution in [0.3, 0.4) is 0 Å². The Morgan fingerprint density at radius 1 is 0.971 bits per heavy atom. The number of amides is 1. The number of hydrogen-bond donors (Lipinski definition) is 1. The Bertz CT molecular complexity index is 1150. The van der Waals surface area contributed by atoms with E-state index in [0.29, 0.717) is 17.9 Å². The molecule has 1 N–H and O–H groups in total. The quantitative estimate of drug-likeness (QED) is 0.539. The maximum atomic E-state index is 12.9. The van der Waals surface area contributed by atoms with E-state index in [0.717, 1.165) is 38.3 Å². The van der Waals surface area contributed by atoms with Crippen LogP contribution in [0.2, 0.25) is 0 Å². The number of alkyl halides is 3. The maximum absolute atomic E-state index is 12.9. The van der Waals surface area contributed by atoms with Crippen molar-refractivity contribution in [3.8, 4) is 0 Å². The number of hydrogen-bond acceptors (Lipinski definition) is 4. The van der Waals surface area contributed by atoms with Crippen LogP contribution in [0.5, 0.6) is 0 Å². The first-order valence-corrected chi connectivity index (χ1v) is 11.3. The third-order valence-corrected chi connectivity index (χ3v) is 6.20. The van der Waals surface area contributed by atoms with Crippen LogP contribution in [0.4, 0.5) is 18.9 Å². The fourth-order valence-electron chi connectivity index (χ4n) is 4.02. The molecule has 0 saturated carbocycles. The highest BCUT2D eigenvalue weighted by Crippen LogP contribution is 2.29. The van der Waals surface area contributed by atoms with Gasteiger partial charge in [-0.15, -0.1) is 0 Å². The van der Waals surface area contributed by atoms with Crippen LogP contribution in [0.15, 0.2) is 59.0 Å². The Kier molecular flexibility index (Phi) is 6.97. The average Bonchev–Trinajstić information content (AvgIpc) is 3.28. The molecule has 34 heavy (non-hydrogen) atoms. The van der Waals surface area contributed by atoms with Gasteiger partial charge in [0.15, 0.2) is 5.76 Å². The van der Waals surface area contributed by atoms with Crippen molar-refractivity contribution in [2.75, 3.05) is 31.1 Å². The van der Waals surface area contributed by atoms with E-state index >= 15 is 0 Å². The van der Waals surface area contributed by atoms with Gasteiger partial charge < -0.3 is 14.6 Å². The molecule has 4 rings (SSSR count). The summed E-state index contributed by atoms with van der Waals surface area (Å²) in [6.07, 6.45) is -4.42. The third kappa shape index (κ3) is 5.80. The average molecular weight is 472 g/mol. The van der Waals surface area contributed by atoms with Gasteiger partial charge in [0.05, 0.1) is 12.1 Å². The molecule has 1 saturated heterocycles. The molecule has 0 aliphatic carbocycles. The largest absolute Gasteiger partial charge is 0.455 e. The Labute approximate surface area is 197 Å². The molecule has 0 spiro atoms. The maximum Gasteiger partial charge on any atom is 0.416 e. The van der Waals surface area contributed by atoms with Crippen molar-refractivity contribution in [2.45, 2.75) is 33.1 Å². The highest BCUT2D eigenvalue weighted by molar-refractivity contribution is 5.91. The van der Waals surface area contributed by atoms with Crippen molar-refractivity contribution in [3.05, 3.63) is 88.4 Å². The predicted octanol–water partition coefficient (Wildman–Crippen LogP) is 5.17. The van der Waals surface area contributed by atoms with E-state index in [1.54, 1.807) is 18.2 Å². The fraction of sp³-hybridized carbons (Fsp3) is 0.346. The Balaban J connectivity index is 1.27. The Morgan fingerprint density at radius 2 is 1.74 bits per heavy atom. The molecule has 0 bridgehead atoms. The fourth-order valence-corrected chi connectivity index (χ4v) is 4.02. The minimum absolute atomic E-state index is 0.0147. The summed E-state index contributed by atoms with van der Waals surface area (Å²) in [7, 11) is 0. The minimum atomic E-state index is -4.42. The van der Waals surface area contributed by atoms with Gasteiger partial charge in [0.25, 0.3) is 5.91 Å². The first-order valence-electron chi connectivity index (χ1n) is 11.3. The summed E-state index contributed by atoms with van der Waals surface area (Å²) in [5, 5.41) is 2.62. The Hall–Kier alpha value is -3.26. The van der Waals surface area contributed by atoms with Gasteiger partial charge in [-0.2, -0.15) is 13.2 Å². The zero-order valence-electron chi connectivity index (χ0n) is 19.3. The molecule has 1 aliphatic heterocycles. The van der Waals surface area contributed by atoms with Gasteiger partial charge in [0.1, 0.15) is 5.76 Å². The standard InChI is InChI=1S/C26H28F3N3O2/c1-18-6-7-22(14-19(18)2)32-12-10-31(11-13-32)17-23-8-9-24(34-23)25(33)30-16-20-4-3-5-21(15-20)26(27,28)29/h3-9,14-15H,10-13,16-17H2,1-2H3,(H,30,33). The predicted molar refractivity (Wildman–Crippen MR) is 125 cm³/mol. The van der Waals surface area contributed by atoms with Crippen molar-refractivity contribution in [2.24, 2.45) is 0 Å². The van der Waals surface area contributed by atoms with Crippen molar-refractivity contribution >= 4 is 11.6 Å². The SMILES string of the molecule is Cc1ccc(N2CCN(Cc3ccc(C(=O)NCc4cccc(C(F)(F)F)c4)o3)CC2)cc1C. The van der Waals surface area contributed by atoms with E-state index in [-0.39, 0.29) is 12.3 Å². The van der Waals surface area contributed by atoms with Gasteiger partial charge in [-0.05, 0) is 66.9 Å². The van der Waals surface area contributed by atoms with E-state index in [9.17, 15) is 18.0 Å². The van der Waals surface area contributed by atoms with E-state index in [1.165, 1.54) is 22.9 Å². The number of benzene rings is 2.